The van der Waals surface area contributed by atoms with Crippen molar-refractivity contribution in [2.45, 2.75) is 65.1 Å². The molecule has 3 aromatic rings. The molecule has 1 aromatic heterocycles. The second kappa shape index (κ2) is 13.7. The van der Waals surface area contributed by atoms with Gasteiger partial charge in [-0.2, -0.15) is 0 Å². The van der Waals surface area contributed by atoms with Crippen LogP contribution in [0.15, 0.2) is 66.9 Å². The smallest absolute Gasteiger partial charge is 0.254 e. The third-order valence-corrected chi connectivity index (χ3v) is 7.77. The molecule has 1 saturated carbocycles. The zero-order valence-corrected chi connectivity index (χ0v) is 24.1. The number of hydrogen-bond donors (Lipinski definition) is 0. The predicted molar refractivity (Wildman–Crippen MR) is 156 cm³/mol. The Morgan fingerprint density at radius 3 is 2.51 bits per heavy atom. The first-order valence-electron chi connectivity index (χ1n) is 14.0. The minimum Gasteiger partial charge on any atom is -0.497 e. The summed E-state index contributed by atoms with van der Waals surface area (Å²) in [6.45, 7) is 5.83. The van der Waals surface area contributed by atoms with Crippen molar-refractivity contribution in [3.05, 3.63) is 88.7 Å². The molecule has 0 N–H and O–H groups in total. The fraction of sp³-hybridized carbons (Fsp3) is 0.438. The number of aromatic nitrogens is 1. The van der Waals surface area contributed by atoms with E-state index >= 15 is 0 Å². The first kappa shape index (κ1) is 28.8. The van der Waals surface area contributed by atoms with E-state index in [1.807, 2.05) is 53.6 Å². The lowest BCUT2D eigenvalue weighted by Crippen LogP contribution is -2.48. The highest BCUT2D eigenvalue weighted by Crippen LogP contribution is 2.26. The van der Waals surface area contributed by atoms with Gasteiger partial charge in [-0.3, -0.25) is 9.59 Å². The average Bonchev–Trinajstić information content (AvgIpc) is 3.38. The first-order valence-corrected chi connectivity index (χ1v) is 14.3. The molecule has 0 saturated heterocycles. The molecule has 1 aliphatic rings. The number of rotatable bonds is 11. The van der Waals surface area contributed by atoms with Crippen LogP contribution < -0.4 is 4.74 Å². The van der Waals surface area contributed by atoms with Gasteiger partial charge in [0.2, 0.25) is 5.91 Å². The molecular weight excluding hydrogens is 510 g/mol. The highest BCUT2D eigenvalue weighted by atomic mass is 35.5. The Morgan fingerprint density at radius 2 is 1.79 bits per heavy atom. The average molecular weight is 550 g/mol. The zero-order valence-electron chi connectivity index (χ0n) is 23.3. The Labute approximate surface area is 237 Å². The van der Waals surface area contributed by atoms with Crippen molar-refractivity contribution < 1.29 is 14.3 Å². The number of carbonyl (C=O) groups is 2. The summed E-state index contributed by atoms with van der Waals surface area (Å²) < 4.78 is 7.49. The van der Waals surface area contributed by atoms with Gasteiger partial charge in [0.15, 0.2) is 0 Å². The number of hydrogen-bond acceptors (Lipinski definition) is 3. The van der Waals surface area contributed by atoms with Crippen LogP contribution in [0.2, 0.25) is 5.02 Å². The lowest BCUT2D eigenvalue weighted by atomic mass is 9.94. The Hall–Kier alpha value is -3.25. The molecule has 39 heavy (non-hydrogen) atoms. The van der Waals surface area contributed by atoms with Crippen LogP contribution in [0, 0.1) is 5.92 Å². The fourth-order valence-corrected chi connectivity index (χ4v) is 5.59. The molecule has 0 unspecified atom stereocenters. The van der Waals surface area contributed by atoms with Gasteiger partial charge in [0.25, 0.3) is 5.91 Å². The van der Waals surface area contributed by atoms with Crippen molar-refractivity contribution >= 4 is 23.4 Å². The van der Waals surface area contributed by atoms with E-state index in [0.717, 1.165) is 42.0 Å². The second-order valence-electron chi connectivity index (χ2n) is 10.8. The molecule has 208 valence electrons. The molecule has 6 nitrogen and oxygen atoms in total. The van der Waals surface area contributed by atoms with Crippen molar-refractivity contribution in [3.63, 3.8) is 0 Å². The summed E-state index contributed by atoms with van der Waals surface area (Å²) in [5, 5.41) is 0.734. The highest BCUT2D eigenvalue weighted by Gasteiger charge is 2.29. The van der Waals surface area contributed by atoms with E-state index in [-0.39, 0.29) is 30.3 Å². The lowest BCUT2D eigenvalue weighted by Gasteiger charge is -2.36. The number of halogens is 1. The summed E-state index contributed by atoms with van der Waals surface area (Å²) in [6.07, 6.45) is 7.46. The Kier molecular flexibility index (Phi) is 10.1. The maximum atomic E-state index is 14.0. The minimum atomic E-state index is -0.151. The topological polar surface area (TPSA) is 54.8 Å². The van der Waals surface area contributed by atoms with Crippen LogP contribution in [0.5, 0.6) is 5.75 Å². The van der Waals surface area contributed by atoms with Crippen LogP contribution in [0.25, 0.3) is 0 Å². The monoisotopic (exact) mass is 549 g/mol. The second-order valence-corrected chi connectivity index (χ2v) is 11.3. The van der Waals surface area contributed by atoms with Gasteiger partial charge in [-0.25, -0.2) is 0 Å². The molecule has 2 amide bonds. The van der Waals surface area contributed by atoms with Gasteiger partial charge in [0.05, 0.1) is 13.7 Å². The van der Waals surface area contributed by atoms with Crippen molar-refractivity contribution in [2.24, 2.45) is 5.92 Å². The summed E-state index contributed by atoms with van der Waals surface area (Å²) >= 11 is 6.45. The number of benzene rings is 2. The van der Waals surface area contributed by atoms with E-state index in [9.17, 15) is 9.59 Å². The van der Waals surface area contributed by atoms with E-state index in [0.29, 0.717) is 30.9 Å². The number of amides is 2. The van der Waals surface area contributed by atoms with Gasteiger partial charge in [-0.05, 0) is 60.7 Å². The summed E-state index contributed by atoms with van der Waals surface area (Å²) in [5.41, 5.74) is 2.63. The number of ether oxygens (including phenoxy) is 1. The van der Waals surface area contributed by atoms with Gasteiger partial charge < -0.3 is 19.1 Å². The van der Waals surface area contributed by atoms with E-state index < -0.39 is 0 Å². The van der Waals surface area contributed by atoms with Gasteiger partial charge in [-0.15, -0.1) is 0 Å². The Balaban J connectivity index is 1.57. The van der Waals surface area contributed by atoms with Crippen LogP contribution in [0.4, 0.5) is 0 Å². The van der Waals surface area contributed by atoms with Crippen molar-refractivity contribution in [3.8, 4) is 5.75 Å². The molecule has 7 heteroatoms. The first-order chi connectivity index (χ1) is 18.9. The molecule has 0 atom stereocenters. The maximum Gasteiger partial charge on any atom is 0.254 e. The number of nitrogens with zero attached hydrogens (tertiary/aromatic N) is 3. The number of methoxy groups -OCH3 is 1. The molecular formula is C32H40ClN3O3. The van der Waals surface area contributed by atoms with E-state index in [1.54, 1.807) is 24.1 Å². The SMILES string of the molecule is COc1cccc(C(=O)N(CC(=O)N(Cc2cccn2Cc2ccccc2Cl)C2CCCCC2)CC(C)C)c1. The molecule has 0 aliphatic heterocycles. The van der Waals surface area contributed by atoms with Gasteiger partial charge in [0, 0.05) is 41.6 Å². The highest BCUT2D eigenvalue weighted by molar-refractivity contribution is 6.31. The zero-order chi connectivity index (χ0) is 27.8. The normalized spacial score (nSPS) is 13.9. The van der Waals surface area contributed by atoms with Crippen LogP contribution in [-0.2, 0) is 17.9 Å². The van der Waals surface area contributed by atoms with Crippen LogP contribution >= 0.6 is 11.6 Å². The Morgan fingerprint density at radius 1 is 1.03 bits per heavy atom. The molecule has 1 heterocycles. The van der Waals surface area contributed by atoms with Crippen LogP contribution in [-0.4, -0.2) is 52.4 Å². The lowest BCUT2D eigenvalue weighted by molar-refractivity contribution is -0.135. The van der Waals surface area contributed by atoms with E-state index in [2.05, 4.69) is 24.5 Å². The van der Waals surface area contributed by atoms with Crippen LogP contribution in [0.3, 0.4) is 0 Å². The molecule has 1 fully saturated rings. The third-order valence-electron chi connectivity index (χ3n) is 7.41. The van der Waals surface area contributed by atoms with E-state index in [1.165, 1.54) is 6.42 Å². The quantitative estimate of drug-likeness (QED) is 0.269. The molecule has 0 bridgehead atoms. The predicted octanol–water partition coefficient (Wildman–Crippen LogP) is 6.66. The molecule has 4 rings (SSSR count). The molecule has 2 aromatic carbocycles. The van der Waals surface area contributed by atoms with Gasteiger partial charge in [0.1, 0.15) is 12.3 Å². The maximum absolute atomic E-state index is 14.0. The summed E-state index contributed by atoms with van der Waals surface area (Å²) in [5.74, 6) is 0.689. The fourth-order valence-electron chi connectivity index (χ4n) is 5.40. The van der Waals surface area contributed by atoms with Crippen LogP contribution in [0.1, 0.15) is 67.6 Å². The molecule has 0 spiro atoms. The molecule has 1 aliphatic carbocycles. The largest absolute Gasteiger partial charge is 0.497 e. The molecule has 0 radical (unpaired) electrons. The van der Waals surface area contributed by atoms with E-state index in [4.69, 9.17) is 16.3 Å². The standard InChI is InChI=1S/C32H40ClN3O3/c1-24(2)20-35(32(38)25-12-9-16-29(19-25)39-3)23-31(37)36(27-13-5-4-6-14-27)22-28-15-10-18-34(28)21-26-11-7-8-17-30(26)33/h7-12,15-19,24,27H,4-6,13-14,20-23H2,1-3H3. The summed E-state index contributed by atoms with van der Waals surface area (Å²) in [7, 11) is 1.59. The van der Waals surface area contributed by atoms with Gasteiger partial charge in [-0.1, -0.05) is 69.0 Å². The number of carbonyl (C=O) groups excluding carboxylic acids is 2. The van der Waals surface area contributed by atoms with Crippen molar-refractivity contribution in [1.82, 2.24) is 14.4 Å². The Bertz CT molecular complexity index is 1250. The third kappa shape index (κ3) is 7.66. The minimum absolute atomic E-state index is 0.00992. The summed E-state index contributed by atoms with van der Waals surface area (Å²) in [4.78, 5) is 31.3. The summed E-state index contributed by atoms with van der Waals surface area (Å²) in [6, 6.07) is 19.3. The van der Waals surface area contributed by atoms with Crippen molar-refractivity contribution in [2.75, 3.05) is 20.2 Å². The van der Waals surface area contributed by atoms with Crippen molar-refractivity contribution in [1.29, 1.82) is 0 Å². The van der Waals surface area contributed by atoms with Gasteiger partial charge >= 0.3 is 0 Å².